The summed E-state index contributed by atoms with van der Waals surface area (Å²) < 4.78 is 14.3. The number of pyridine rings is 1. The molecule has 1 amide bonds. The van der Waals surface area contributed by atoms with E-state index in [1.165, 1.54) is 24.4 Å². The first kappa shape index (κ1) is 13.2. The zero-order valence-corrected chi connectivity index (χ0v) is 12.1. The molecule has 1 aromatic carbocycles. The molecular formula is C12H7Br2FN2O. The molecule has 92 valence electrons. The van der Waals surface area contributed by atoms with Crippen LogP contribution in [0.1, 0.15) is 10.5 Å². The maximum Gasteiger partial charge on any atom is 0.275 e. The van der Waals surface area contributed by atoms with Crippen LogP contribution in [0.15, 0.2) is 45.5 Å². The Labute approximate surface area is 120 Å². The number of amides is 1. The van der Waals surface area contributed by atoms with Gasteiger partial charge in [0.15, 0.2) is 0 Å². The van der Waals surface area contributed by atoms with Crippen LogP contribution in [0, 0.1) is 5.82 Å². The lowest BCUT2D eigenvalue weighted by molar-refractivity contribution is 0.102. The van der Waals surface area contributed by atoms with E-state index in [2.05, 4.69) is 42.2 Å². The molecule has 0 atom stereocenters. The standard InChI is InChI=1S/C12H7Br2FN2O/c13-8-4-3-7(15)6-10(8)17-12(18)11-9(14)2-1-5-16-11/h1-6H,(H,17,18). The molecule has 2 rings (SSSR count). The Kier molecular flexibility index (Phi) is 4.08. The van der Waals surface area contributed by atoms with E-state index in [4.69, 9.17) is 0 Å². The molecular weight excluding hydrogens is 367 g/mol. The van der Waals surface area contributed by atoms with Gasteiger partial charge in [-0.15, -0.1) is 0 Å². The summed E-state index contributed by atoms with van der Waals surface area (Å²) in [6.45, 7) is 0. The Morgan fingerprint density at radius 1 is 1.22 bits per heavy atom. The lowest BCUT2D eigenvalue weighted by Crippen LogP contribution is -2.14. The van der Waals surface area contributed by atoms with E-state index in [1.54, 1.807) is 12.1 Å². The summed E-state index contributed by atoms with van der Waals surface area (Å²) in [5, 5.41) is 2.59. The molecule has 0 unspecified atom stereocenters. The van der Waals surface area contributed by atoms with E-state index in [0.717, 1.165) is 0 Å². The van der Waals surface area contributed by atoms with Gasteiger partial charge >= 0.3 is 0 Å². The number of halogens is 3. The number of aromatic nitrogens is 1. The highest BCUT2D eigenvalue weighted by atomic mass is 79.9. The SMILES string of the molecule is O=C(Nc1cc(F)ccc1Br)c1ncccc1Br. The number of hydrogen-bond donors (Lipinski definition) is 1. The van der Waals surface area contributed by atoms with Gasteiger partial charge in [0, 0.05) is 15.1 Å². The van der Waals surface area contributed by atoms with Crippen molar-refractivity contribution in [1.82, 2.24) is 4.98 Å². The van der Waals surface area contributed by atoms with Crippen LogP contribution in [0.3, 0.4) is 0 Å². The zero-order chi connectivity index (χ0) is 13.1. The minimum atomic E-state index is -0.423. The van der Waals surface area contributed by atoms with Gasteiger partial charge in [-0.3, -0.25) is 4.79 Å². The van der Waals surface area contributed by atoms with Gasteiger partial charge in [-0.2, -0.15) is 0 Å². The highest BCUT2D eigenvalue weighted by Gasteiger charge is 2.13. The zero-order valence-electron chi connectivity index (χ0n) is 8.95. The summed E-state index contributed by atoms with van der Waals surface area (Å²) in [4.78, 5) is 15.9. The second-order valence-electron chi connectivity index (χ2n) is 3.41. The van der Waals surface area contributed by atoms with Crippen molar-refractivity contribution in [2.75, 3.05) is 5.32 Å². The molecule has 18 heavy (non-hydrogen) atoms. The van der Waals surface area contributed by atoms with Crippen LogP contribution in [-0.4, -0.2) is 10.9 Å². The van der Waals surface area contributed by atoms with Crippen molar-refractivity contribution in [3.63, 3.8) is 0 Å². The number of nitrogens with zero attached hydrogens (tertiary/aromatic N) is 1. The monoisotopic (exact) mass is 372 g/mol. The van der Waals surface area contributed by atoms with Gasteiger partial charge < -0.3 is 5.32 Å². The third kappa shape index (κ3) is 2.94. The molecule has 1 N–H and O–H groups in total. The third-order valence-electron chi connectivity index (χ3n) is 2.15. The van der Waals surface area contributed by atoms with Crippen LogP contribution < -0.4 is 5.32 Å². The largest absolute Gasteiger partial charge is 0.319 e. The molecule has 0 spiro atoms. The molecule has 1 aromatic heterocycles. The average Bonchev–Trinajstić information content (AvgIpc) is 2.34. The number of benzene rings is 1. The maximum atomic E-state index is 13.1. The summed E-state index contributed by atoms with van der Waals surface area (Å²) in [6.07, 6.45) is 1.51. The van der Waals surface area contributed by atoms with E-state index in [0.29, 0.717) is 14.6 Å². The molecule has 1 heterocycles. The Balaban J connectivity index is 2.27. The van der Waals surface area contributed by atoms with E-state index in [-0.39, 0.29) is 5.69 Å². The first-order valence-electron chi connectivity index (χ1n) is 4.95. The van der Waals surface area contributed by atoms with Crippen molar-refractivity contribution in [1.29, 1.82) is 0 Å². The molecule has 6 heteroatoms. The third-order valence-corrected chi connectivity index (χ3v) is 3.48. The minimum Gasteiger partial charge on any atom is -0.319 e. The van der Waals surface area contributed by atoms with Gasteiger partial charge in [-0.25, -0.2) is 9.37 Å². The summed E-state index contributed by atoms with van der Waals surface area (Å²) in [7, 11) is 0. The van der Waals surface area contributed by atoms with Crippen molar-refractivity contribution in [2.45, 2.75) is 0 Å². The first-order chi connectivity index (χ1) is 8.58. The Bertz CT molecular complexity index is 604. The topological polar surface area (TPSA) is 42.0 Å². The van der Waals surface area contributed by atoms with Crippen LogP contribution >= 0.6 is 31.9 Å². The lowest BCUT2D eigenvalue weighted by Gasteiger charge is -2.07. The molecule has 3 nitrogen and oxygen atoms in total. The van der Waals surface area contributed by atoms with Gasteiger partial charge in [-0.05, 0) is 62.2 Å². The highest BCUT2D eigenvalue weighted by molar-refractivity contribution is 9.11. The Morgan fingerprint density at radius 3 is 2.72 bits per heavy atom. The van der Waals surface area contributed by atoms with E-state index in [1.807, 2.05) is 0 Å². The van der Waals surface area contributed by atoms with Gasteiger partial charge in [0.05, 0.1) is 5.69 Å². The first-order valence-corrected chi connectivity index (χ1v) is 6.53. The van der Waals surface area contributed by atoms with Crippen LogP contribution in [0.2, 0.25) is 0 Å². The van der Waals surface area contributed by atoms with Gasteiger partial charge in [0.2, 0.25) is 0 Å². The number of carbonyl (C=O) groups is 1. The average molecular weight is 374 g/mol. The van der Waals surface area contributed by atoms with Crippen molar-refractivity contribution in [3.05, 3.63) is 57.0 Å². The van der Waals surface area contributed by atoms with Crippen molar-refractivity contribution in [3.8, 4) is 0 Å². The predicted octanol–water partition coefficient (Wildman–Crippen LogP) is 4.00. The van der Waals surface area contributed by atoms with Crippen molar-refractivity contribution >= 4 is 43.5 Å². The molecule has 0 saturated heterocycles. The number of carbonyl (C=O) groups excluding carboxylic acids is 1. The molecule has 0 saturated carbocycles. The second-order valence-corrected chi connectivity index (χ2v) is 5.12. The number of hydrogen-bond acceptors (Lipinski definition) is 2. The molecule has 0 aliphatic carbocycles. The minimum absolute atomic E-state index is 0.244. The van der Waals surface area contributed by atoms with Gasteiger partial charge in [0.25, 0.3) is 5.91 Å². The molecule has 0 radical (unpaired) electrons. The van der Waals surface area contributed by atoms with Crippen LogP contribution in [0.4, 0.5) is 10.1 Å². The highest BCUT2D eigenvalue weighted by Crippen LogP contribution is 2.24. The summed E-state index contributed by atoms with van der Waals surface area (Å²) in [5.41, 5.74) is 0.603. The fourth-order valence-corrected chi connectivity index (χ4v) is 2.11. The van der Waals surface area contributed by atoms with Crippen molar-refractivity contribution < 1.29 is 9.18 Å². The Hall–Kier alpha value is -1.27. The lowest BCUT2D eigenvalue weighted by atomic mass is 10.3. The van der Waals surface area contributed by atoms with E-state index in [9.17, 15) is 9.18 Å². The molecule has 0 aliphatic rings. The molecule has 0 fully saturated rings. The van der Waals surface area contributed by atoms with Gasteiger partial charge in [-0.1, -0.05) is 0 Å². The normalized spacial score (nSPS) is 10.2. The van der Waals surface area contributed by atoms with Gasteiger partial charge in [0.1, 0.15) is 11.5 Å². The maximum absolute atomic E-state index is 13.1. The van der Waals surface area contributed by atoms with Crippen LogP contribution in [0.5, 0.6) is 0 Å². The number of nitrogens with one attached hydrogen (secondary N) is 1. The number of rotatable bonds is 2. The molecule has 0 aliphatic heterocycles. The molecule has 0 bridgehead atoms. The van der Waals surface area contributed by atoms with Crippen molar-refractivity contribution in [2.24, 2.45) is 0 Å². The van der Waals surface area contributed by atoms with Crippen LogP contribution in [0.25, 0.3) is 0 Å². The fourth-order valence-electron chi connectivity index (χ4n) is 1.33. The number of anilines is 1. The molecule has 2 aromatic rings. The van der Waals surface area contributed by atoms with Crippen LogP contribution in [-0.2, 0) is 0 Å². The second kappa shape index (κ2) is 5.58. The van der Waals surface area contributed by atoms with E-state index < -0.39 is 11.7 Å². The Morgan fingerprint density at radius 2 is 2.00 bits per heavy atom. The summed E-state index contributed by atoms with van der Waals surface area (Å²) in [5.74, 6) is -0.831. The quantitative estimate of drug-likeness (QED) is 0.864. The van der Waals surface area contributed by atoms with E-state index >= 15 is 0 Å². The smallest absolute Gasteiger partial charge is 0.275 e. The fraction of sp³-hybridized carbons (Fsp3) is 0. The predicted molar refractivity (Wildman–Crippen MR) is 74.0 cm³/mol. The summed E-state index contributed by atoms with van der Waals surface area (Å²) in [6, 6.07) is 7.48. The summed E-state index contributed by atoms with van der Waals surface area (Å²) >= 11 is 6.47.